The number of carbonyl (C=O) groups is 1. The van der Waals surface area contributed by atoms with Crippen LogP contribution >= 0.6 is 11.6 Å². The van der Waals surface area contributed by atoms with Gasteiger partial charge in [-0.1, -0.05) is 25.7 Å². The molecule has 0 spiro atoms. The van der Waals surface area contributed by atoms with Crippen molar-refractivity contribution in [2.24, 2.45) is 5.92 Å². The summed E-state index contributed by atoms with van der Waals surface area (Å²) in [5, 5.41) is 0. The Labute approximate surface area is 103 Å². The van der Waals surface area contributed by atoms with Crippen LogP contribution in [0.1, 0.15) is 51.4 Å². The van der Waals surface area contributed by atoms with Gasteiger partial charge in [-0.2, -0.15) is 0 Å². The highest BCUT2D eigenvalue weighted by Crippen LogP contribution is 2.31. The summed E-state index contributed by atoms with van der Waals surface area (Å²) in [5.74, 6) is 1.74. The van der Waals surface area contributed by atoms with E-state index in [1.165, 1.54) is 38.5 Å². The highest BCUT2D eigenvalue weighted by atomic mass is 35.5. The zero-order valence-electron chi connectivity index (χ0n) is 9.96. The first-order chi connectivity index (χ1) is 7.81. The molecule has 0 aromatic rings. The highest BCUT2D eigenvalue weighted by Gasteiger charge is 2.32. The Morgan fingerprint density at radius 2 is 1.88 bits per heavy atom. The lowest BCUT2D eigenvalue weighted by Gasteiger charge is -2.22. The maximum absolute atomic E-state index is 12.0. The van der Waals surface area contributed by atoms with Crippen LogP contribution in [0.25, 0.3) is 0 Å². The van der Waals surface area contributed by atoms with Gasteiger partial charge in [0.25, 0.3) is 0 Å². The Bertz CT molecular complexity index is 234. The second-order valence-corrected chi connectivity index (χ2v) is 5.57. The molecular weight excluding hydrogens is 222 g/mol. The molecule has 2 aliphatic rings. The lowest BCUT2D eigenvalue weighted by Crippen LogP contribution is -2.34. The van der Waals surface area contributed by atoms with Crippen molar-refractivity contribution in [1.82, 2.24) is 4.90 Å². The molecule has 2 rings (SSSR count). The molecule has 2 nitrogen and oxygen atoms in total. The average Bonchev–Trinajstić information content (AvgIpc) is 2.99. The van der Waals surface area contributed by atoms with E-state index in [2.05, 4.69) is 0 Å². The Balaban J connectivity index is 1.71. The van der Waals surface area contributed by atoms with Crippen LogP contribution in [0.2, 0.25) is 0 Å². The zero-order valence-corrected chi connectivity index (χ0v) is 10.7. The van der Waals surface area contributed by atoms with Crippen molar-refractivity contribution >= 4 is 17.5 Å². The van der Waals surface area contributed by atoms with Crippen molar-refractivity contribution in [3.63, 3.8) is 0 Å². The van der Waals surface area contributed by atoms with Gasteiger partial charge in [-0.25, -0.2) is 0 Å². The van der Waals surface area contributed by atoms with Gasteiger partial charge in [-0.05, 0) is 25.2 Å². The van der Waals surface area contributed by atoms with Gasteiger partial charge in [0.05, 0.1) is 0 Å². The van der Waals surface area contributed by atoms with E-state index in [1.54, 1.807) is 0 Å². The number of nitrogens with zero attached hydrogens (tertiary/aromatic N) is 1. The maximum atomic E-state index is 12.0. The summed E-state index contributed by atoms with van der Waals surface area (Å²) in [7, 11) is 0. The monoisotopic (exact) mass is 243 g/mol. The maximum Gasteiger partial charge on any atom is 0.222 e. The predicted molar refractivity (Wildman–Crippen MR) is 66.6 cm³/mol. The molecule has 0 aromatic heterocycles. The van der Waals surface area contributed by atoms with Crippen molar-refractivity contribution < 1.29 is 4.79 Å². The first kappa shape index (κ1) is 12.2. The molecule has 1 amide bonds. The van der Waals surface area contributed by atoms with Crippen molar-refractivity contribution in [3.05, 3.63) is 0 Å². The molecular formula is C13H22ClNO. The van der Waals surface area contributed by atoms with E-state index >= 15 is 0 Å². The largest absolute Gasteiger partial charge is 0.339 e. The third kappa shape index (κ3) is 3.38. The minimum absolute atomic E-state index is 0.343. The summed E-state index contributed by atoms with van der Waals surface area (Å²) >= 11 is 5.75. The van der Waals surface area contributed by atoms with E-state index in [0.29, 0.717) is 17.8 Å². The third-order valence-corrected chi connectivity index (χ3v) is 4.04. The quantitative estimate of drug-likeness (QED) is 0.656. The zero-order chi connectivity index (χ0) is 11.4. The lowest BCUT2D eigenvalue weighted by molar-refractivity contribution is -0.131. The van der Waals surface area contributed by atoms with Crippen molar-refractivity contribution in [3.8, 4) is 0 Å². The molecule has 0 saturated heterocycles. The summed E-state index contributed by atoms with van der Waals surface area (Å²) in [6.07, 6.45) is 9.64. The number of alkyl halides is 1. The fourth-order valence-corrected chi connectivity index (χ4v) is 2.94. The van der Waals surface area contributed by atoms with Crippen LogP contribution in [0.3, 0.4) is 0 Å². The normalized spacial score (nSPS) is 21.3. The SMILES string of the molecule is O=C(CCC1CCCC1)N(CCCl)C1CC1. The molecule has 0 aromatic carbocycles. The van der Waals surface area contributed by atoms with E-state index in [4.69, 9.17) is 11.6 Å². The smallest absolute Gasteiger partial charge is 0.222 e. The summed E-state index contributed by atoms with van der Waals surface area (Å²) in [4.78, 5) is 14.1. The second kappa shape index (κ2) is 5.90. The van der Waals surface area contributed by atoms with Crippen LogP contribution in [0.5, 0.6) is 0 Å². The summed E-state index contributed by atoms with van der Waals surface area (Å²) < 4.78 is 0. The number of hydrogen-bond donors (Lipinski definition) is 0. The summed E-state index contributed by atoms with van der Waals surface area (Å²) in [6, 6.07) is 0.523. The predicted octanol–water partition coefficient (Wildman–Crippen LogP) is 3.19. The number of amides is 1. The molecule has 0 bridgehead atoms. The molecule has 2 aliphatic carbocycles. The lowest BCUT2D eigenvalue weighted by atomic mass is 10.0. The van der Waals surface area contributed by atoms with Crippen molar-refractivity contribution in [1.29, 1.82) is 0 Å². The van der Waals surface area contributed by atoms with Crippen molar-refractivity contribution in [2.45, 2.75) is 57.4 Å². The number of rotatable bonds is 6. The topological polar surface area (TPSA) is 20.3 Å². The minimum atomic E-state index is 0.343. The Morgan fingerprint density at radius 3 is 2.44 bits per heavy atom. The van der Waals surface area contributed by atoms with E-state index < -0.39 is 0 Å². The molecule has 2 fully saturated rings. The van der Waals surface area contributed by atoms with Crippen LogP contribution in [0.4, 0.5) is 0 Å². The van der Waals surface area contributed by atoms with Gasteiger partial charge in [0.15, 0.2) is 0 Å². The third-order valence-electron chi connectivity index (χ3n) is 3.87. The van der Waals surface area contributed by atoms with Gasteiger partial charge in [0.2, 0.25) is 5.91 Å². The molecule has 0 aliphatic heterocycles. The highest BCUT2D eigenvalue weighted by molar-refractivity contribution is 6.18. The van der Waals surface area contributed by atoms with E-state index in [1.807, 2.05) is 4.90 Å². The fraction of sp³-hybridized carbons (Fsp3) is 0.923. The number of hydrogen-bond acceptors (Lipinski definition) is 1. The molecule has 0 radical (unpaired) electrons. The van der Waals surface area contributed by atoms with E-state index in [0.717, 1.165) is 25.3 Å². The molecule has 3 heteroatoms. The average molecular weight is 244 g/mol. The first-order valence-electron chi connectivity index (χ1n) is 6.66. The first-order valence-corrected chi connectivity index (χ1v) is 7.20. The minimum Gasteiger partial charge on any atom is -0.339 e. The van der Waals surface area contributed by atoms with Gasteiger partial charge >= 0.3 is 0 Å². The van der Waals surface area contributed by atoms with Gasteiger partial charge in [-0.3, -0.25) is 4.79 Å². The molecule has 0 heterocycles. The van der Waals surface area contributed by atoms with Crippen LogP contribution in [0.15, 0.2) is 0 Å². The molecule has 0 N–H and O–H groups in total. The molecule has 2 saturated carbocycles. The van der Waals surface area contributed by atoms with Gasteiger partial charge in [0, 0.05) is 24.9 Å². The summed E-state index contributed by atoms with van der Waals surface area (Å²) in [6.45, 7) is 0.746. The van der Waals surface area contributed by atoms with Crippen molar-refractivity contribution in [2.75, 3.05) is 12.4 Å². The number of carbonyl (C=O) groups excluding carboxylic acids is 1. The fourth-order valence-electron chi connectivity index (χ4n) is 2.76. The second-order valence-electron chi connectivity index (χ2n) is 5.20. The molecule has 16 heavy (non-hydrogen) atoms. The van der Waals surface area contributed by atoms with Gasteiger partial charge in [-0.15, -0.1) is 11.6 Å². The summed E-state index contributed by atoms with van der Waals surface area (Å²) in [5.41, 5.74) is 0. The van der Waals surface area contributed by atoms with E-state index in [-0.39, 0.29) is 0 Å². The number of halogens is 1. The van der Waals surface area contributed by atoms with Gasteiger partial charge in [0.1, 0.15) is 0 Å². The standard InChI is InChI=1S/C13H22ClNO/c14-9-10-15(12-6-7-12)13(16)8-5-11-3-1-2-4-11/h11-12H,1-10H2. The molecule has 0 atom stereocenters. The Kier molecular flexibility index (Phi) is 4.51. The molecule has 0 unspecified atom stereocenters. The van der Waals surface area contributed by atoms with Crippen LogP contribution in [-0.2, 0) is 4.79 Å². The van der Waals surface area contributed by atoms with Crippen LogP contribution < -0.4 is 0 Å². The van der Waals surface area contributed by atoms with Gasteiger partial charge < -0.3 is 4.90 Å². The Morgan fingerprint density at radius 1 is 1.19 bits per heavy atom. The van der Waals surface area contributed by atoms with Crippen LogP contribution in [0, 0.1) is 5.92 Å². The van der Waals surface area contributed by atoms with E-state index in [9.17, 15) is 4.79 Å². The molecule has 92 valence electrons. The Hall–Kier alpha value is -0.240. The van der Waals surface area contributed by atoms with Crippen LogP contribution in [-0.4, -0.2) is 29.3 Å².